The molecular formula is C29H54O6. The topological polar surface area (TPSA) is 71.1 Å². The van der Waals surface area contributed by atoms with E-state index in [0.29, 0.717) is 19.6 Å². The van der Waals surface area contributed by atoms with Crippen LogP contribution in [0.3, 0.4) is 0 Å². The second-order valence-electron chi connectivity index (χ2n) is 11.1. The molecule has 1 rings (SSSR count). The number of hydrogen-bond acceptors (Lipinski definition) is 6. The van der Waals surface area contributed by atoms with Gasteiger partial charge in [0, 0.05) is 6.42 Å². The molecular weight excluding hydrogens is 444 g/mol. The highest BCUT2D eigenvalue weighted by molar-refractivity contribution is 5.60. The monoisotopic (exact) mass is 498 g/mol. The number of carbonyl (C=O) groups excluding carboxylic acids is 2. The van der Waals surface area contributed by atoms with Crippen LogP contribution in [0.2, 0.25) is 0 Å². The van der Waals surface area contributed by atoms with Crippen molar-refractivity contribution < 1.29 is 28.5 Å². The molecule has 35 heavy (non-hydrogen) atoms. The van der Waals surface area contributed by atoms with Crippen molar-refractivity contribution >= 4 is 12.3 Å². The fraction of sp³-hybridized carbons (Fsp3) is 0.931. The highest BCUT2D eigenvalue weighted by Crippen LogP contribution is 2.24. The van der Waals surface area contributed by atoms with E-state index in [1.165, 1.54) is 57.8 Å². The lowest BCUT2D eigenvalue weighted by Crippen LogP contribution is -2.32. The van der Waals surface area contributed by atoms with E-state index in [1.807, 2.05) is 0 Å². The minimum absolute atomic E-state index is 0.263. The molecule has 1 saturated carbocycles. The van der Waals surface area contributed by atoms with Gasteiger partial charge in [0.1, 0.15) is 12.2 Å². The summed E-state index contributed by atoms with van der Waals surface area (Å²) in [4.78, 5) is 24.0. The first-order chi connectivity index (χ1) is 16.9. The van der Waals surface area contributed by atoms with Gasteiger partial charge in [-0.25, -0.2) is 9.59 Å². The van der Waals surface area contributed by atoms with Gasteiger partial charge in [0.05, 0.1) is 13.2 Å². The fourth-order valence-electron chi connectivity index (χ4n) is 4.51. The van der Waals surface area contributed by atoms with Gasteiger partial charge in [0.15, 0.2) is 0 Å². The van der Waals surface area contributed by atoms with Crippen LogP contribution in [0.1, 0.15) is 137 Å². The molecule has 1 aliphatic carbocycles. The number of carbonyl (C=O) groups is 2. The van der Waals surface area contributed by atoms with Gasteiger partial charge >= 0.3 is 12.3 Å². The Morgan fingerprint density at radius 1 is 0.600 bits per heavy atom. The number of hydrogen-bond donors (Lipinski definition) is 0. The summed E-state index contributed by atoms with van der Waals surface area (Å²) in [6.45, 7) is 9.85. The van der Waals surface area contributed by atoms with Crippen LogP contribution < -0.4 is 0 Å². The highest BCUT2D eigenvalue weighted by atomic mass is 16.7. The Bertz CT molecular complexity index is 533. The molecule has 0 heterocycles. The average Bonchev–Trinajstić information content (AvgIpc) is 2.79. The SMILES string of the molecule is CC(C)CCCCCCCCOC(=O)OC1CCCC(OC(=O)OCCCCCCCC(C)C)C1. The zero-order valence-corrected chi connectivity index (χ0v) is 23.2. The van der Waals surface area contributed by atoms with Crippen molar-refractivity contribution in [2.75, 3.05) is 13.2 Å². The van der Waals surface area contributed by atoms with Gasteiger partial charge in [-0.2, -0.15) is 0 Å². The van der Waals surface area contributed by atoms with Gasteiger partial charge in [-0.15, -0.1) is 0 Å². The Balaban J connectivity index is 2.02. The molecule has 206 valence electrons. The predicted molar refractivity (Wildman–Crippen MR) is 141 cm³/mol. The maximum Gasteiger partial charge on any atom is 0.508 e. The first-order valence-electron chi connectivity index (χ1n) is 14.5. The molecule has 0 bridgehead atoms. The number of ether oxygens (including phenoxy) is 4. The van der Waals surface area contributed by atoms with E-state index >= 15 is 0 Å². The van der Waals surface area contributed by atoms with Crippen LogP contribution in [0.5, 0.6) is 0 Å². The summed E-state index contributed by atoms with van der Waals surface area (Å²) >= 11 is 0. The van der Waals surface area contributed by atoms with Crippen LogP contribution in [-0.2, 0) is 18.9 Å². The molecule has 0 aromatic rings. The van der Waals surface area contributed by atoms with E-state index < -0.39 is 12.3 Å². The second-order valence-corrected chi connectivity index (χ2v) is 11.1. The number of rotatable bonds is 19. The molecule has 0 saturated heterocycles. The third kappa shape index (κ3) is 19.4. The summed E-state index contributed by atoms with van der Waals surface area (Å²) in [7, 11) is 0. The Morgan fingerprint density at radius 2 is 0.971 bits per heavy atom. The summed E-state index contributed by atoms with van der Waals surface area (Å²) in [6, 6.07) is 0. The molecule has 6 heteroatoms. The second kappa shape index (κ2) is 20.7. The molecule has 1 aliphatic rings. The summed E-state index contributed by atoms with van der Waals surface area (Å²) in [5.74, 6) is 1.56. The van der Waals surface area contributed by atoms with E-state index in [1.54, 1.807) is 0 Å². The Labute approximate surface area is 215 Å². The molecule has 2 unspecified atom stereocenters. The maximum absolute atomic E-state index is 12.0. The quantitative estimate of drug-likeness (QED) is 0.131. The molecule has 0 spiro atoms. The van der Waals surface area contributed by atoms with Gasteiger partial charge in [-0.05, 0) is 43.9 Å². The molecule has 6 nitrogen and oxygen atoms in total. The van der Waals surface area contributed by atoms with Gasteiger partial charge in [0.25, 0.3) is 0 Å². The van der Waals surface area contributed by atoms with Crippen LogP contribution >= 0.6 is 0 Å². The smallest absolute Gasteiger partial charge is 0.434 e. The molecule has 2 atom stereocenters. The van der Waals surface area contributed by atoms with Crippen molar-refractivity contribution in [2.24, 2.45) is 11.8 Å². The summed E-state index contributed by atoms with van der Waals surface area (Å²) < 4.78 is 21.4. The van der Waals surface area contributed by atoms with Crippen LogP contribution in [0, 0.1) is 11.8 Å². The summed E-state index contributed by atoms with van der Waals surface area (Å²) in [5.41, 5.74) is 0. The third-order valence-electron chi connectivity index (χ3n) is 6.65. The van der Waals surface area contributed by atoms with Crippen molar-refractivity contribution in [3.05, 3.63) is 0 Å². The standard InChI is InChI=1S/C29H54O6/c1-24(2)17-12-8-5-6-10-14-21-32-28(30)34-26-19-16-20-27(23-26)35-29(31)33-22-15-11-7-9-13-18-25(3)4/h24-27H,5-23H2,1-4H3. The average molecular weight is 499 g/mol. The van der Waals surface area contributed by atoms with Gasteiger partial charge in [0.2, 0.25) is 0 Å². The lowest BCUT2D eigenvalue weighted by molar-refractivity contribution is -0.0350. The Kier molecular flexibility index (Phi) is 18.7. The highest BCUT2D eigenvalue weighted by Gasteiger charge is 2.28. The van der Waals surface area contributed by atoms with Crippen molar-refractivity contribution in [1.29, 1.82) is 0 Å². The van der Waals surface area contributed by atoms with E-state index in [2.05, 4.69) is 27.7 Å². The van der Waals surface area contributed by atoms with Crippen molar-refractivity contribution in [2.45, 2.75) is 149 Å². The zero-order valence-electron chi connectivity index (χ0n) is 23.2. The van der Waals surface area contributed by atoms with Gasteiger partial charge in [-0.1, -0.05) is 98.3 Å². The summed E-state index contributed by atoms with van der Waals surface area (Å²) in [5, 5.41) is 0. The largest absolute Gasteiger partial charge is 0.508 e. The molecule has 0 amide bonds. The maximum atomic E-state index is 12.0. The molecule has 0 aromatic carbocycles. The van der Waals surface area contributed by atoms with E-state index in [0.717, 1.165) is 56.8 Å². The Morgan fingerprint density at radius 3 is 1.37 bits per heavy atom. The van der Waals surface area contributed by atoms with Gasteiger partial charge < -0.3 is 18.9 Å². The lowest BCUT2D eigenvalue weighted by atomic mass is 9.95. The summed E-state index contributed by atoms with van der Waals surface area (Å²) in [6.07, 6.45) is 16.4. The molecule has 1 fully saturated rings. The van der Waals surface area contributed by atoms with Crippen LogP contribution in [-0.4, -0.2) is 37.7 Å². The van der Waals surface area contributed by atoms with Crippen LogP contribution in [0.25, 0.3) is 0 Å². The minimum Gasteiger partial charge on any atom is -0.434 e. The minimum atomic E-state index is -0.609. The first-order valence-corrected chi connectivity index (χ1v) is 14.5. The molecule has 0 radical (unpaired) electrons. The lowest BCUT2D eigenvalue weighted by Gasteiger charge is -2.28. The van der Waals surface area contributed by atoms with Crippen molar-refractivity contribution in [3.63, 3.8) is 0 Å². The third-order valence-corrected chi connectivity index (χ3v) is 6.65. The first kappa shape index (κ1) is 31.6. The van der Waals surface area contributed by atoms with Crippen LogP contribution in [0.4, 0.5) is 9.59 Å². The molecule has 0 N–H and O–H groups in total. The van der Waals surface area contributed by atoms with Crippen molar-refractivity contribution in [1.82, 2.24) is 0 Å². The zero-order chi connectivity index (χ0) is 25.7. The van der Waals surface area contributed by atoms with Crippen molar-refractivity contribution in [3.8, 4) is 0 Å². The molecule has 0 aromatic heterocycles. The van der Waals surface area contributed by atoms with E-state index in [4.69, 9.17) is 18.9 Å². The Hall–Kier alpha value is -1.46. The molecule has 0 aliphatic heterocycles. The fourth-order valence-corrected chi connectivity index (χ4v) is 4.51. The van der Waals surface area contributed by atoms with Crippen LogP contribution in [0.15, 0.2) is 0 Å². The van der Waals surface area contributed by atoms with E-state index in [-0.39, 0.29) is 12.2 Å². The van der Waals surface area contributed by atoms with E-state index in [9.17, 15) is 9.59 Å². The predicted octanol–water partition coefficient (Wildman–Crippen LogP) is 8.99. The normalized spacial score (nSPS) is 18.0. The number of unbranched alkanes of at least 4 members (excludes halogenated alkanes) is 9. The van der Waals surface area contributed by atoms with Gasteiger partial charge in [-0.3, -0.25) is 0 Å².